The molecule has 6 nitrogen and oxygen atoms in total. The second kappa shape index (κ2) is 9.53. The van der Waals surface area contributed by atoms with Crippen LogP contribution in [0.4, 0.5) is 0 Å². The molecule has 0 bridgehead atoms. The number of methoxy groups -OCH3 is 1. The zero-order chi connectivity index (χ0) is 19.9. The Kier molecular flexibility index (Phi) is 7.38. The van der Waals surface area contributed by atoms with Crippen molar-refractivity contribution in [1.82, 2.24) is 9.62 Å². The molecule has 0 atom stereocenters. The van der Waals surface area contributed by atoms with Crippen molar-refractivity contribution >= 4 is 15.9 Å². The highest BCUT2D eigenvalue weighted by Crippen LogP contribution is 2.12. The van der Waals surface area contributed by atoms with Gasteiger partial charge in [-0.15, -0.1) is 0 Å². The van der Waals surface area contributed by atoms with Gasteiger partial charge in [-0.3, -0.25) is 4.79 Å². The number of sulfonamides is 1. The van der Waals surface area contributed by atoms with Crippen LogP contribution in [0.2, 0.25) is 0 Å². The fourth-order valence-corrected chi connectivity index (χ4v) is 3.32. The summed E-state index contributed by atoms with van der Waals surface area (Å²) >= 11 is 0. The second-order valence-electron chi connectivity index (χ2n) is 6.46. The number of nitrogens with one attached hydrogen (secondary N) is 1. The lowest BCUT2D eigenvalue weighted by Crippen LogP contribution is -2.34. The van der Waals surface area contributed by atoms with Crippen molar-refractivity contribution in [3.63, 3.8) is 0 Å². The molecule has 0 spiro atoms. The highest BCUT2D eigenvalue weighted by molar-refractivity contribution is 7.88. The van der Waals surface area contributed by atoms with Gasteiger partial charge in [0.2, 0.25) is 15.9 Å². The number of carbonyl (C=O) groups excluding carboxylic acids is 1. The second-order valence-corrected chi connectivity index (χ2v) is 8.44. The van der Waals surface area contributed by atoms with Gasteiger partial charge in [0.25, 0.3) is 0 Å². The Labute approximate surface area is 161 Å². The molecule has 0 aliphatic heterocycles. The third-order valence-electron chi connectivity index (χ3n) is 4.19. The Morgan fingerprint density at radius 2 is 1.63 bits per heavy atom. The van der Waals surface area contributed by atoms with Gasteiger partial charge in [0.15, 0.2) is 0 Å². The van der Waals surface area contributed by atoms with Gasteiger partial charge in [0, 0.05) is 26.1 Å². The summed E-state index contributed by atoms with van der Waals surface area (Å²) in [4.78, 5) is 12.1. The minimum Gasteiger partial charge on any atom is -0.497 e. The Hall–Kier alpha value is -2.38. The molecule has 0 unspecified atom stereocenters. The molecule has 1 amide bonds. The summed E-state index contributed by atoms with van der Waals surface area (Å²) in [5.74, 6) is 0.563. The Bertz CT molecular complexity index is 847. The molecule has 146 valence electrons. The van der Waals surface area contributed by atoms with E-state index < -0.39 is 10.0 Å². The van der Waals surface area contributed by atoms with E-state index in [-0.39, 0.29) is 25.4 Å². The molecule has 2 aromatic rings. The van der Waals surface area contributed by atoms with Gasteiger partial charge in [0.1, 0.15) is 5.75 Å². The molecule has 0 saturated carbocycles. The molecular formula is C20H26N2O4S. The molecule has 2 rings (SSSR count). The van der Waals surface area contributed by atoms with Crippen LogP contribution < -0.4 is 10.1 Å². The average molecular weight is 391 g/mol. The van der Waals surface area contributed by atoms with Gasteiger partial charge in [-0.25, -0.2) is 8.42 Å². The van der Waals surface area contributed by atoms with E-state index in [1.165, 1.54) is 4.31 Å². The van der Waals surface area contributed by atoms with E-state index >= 15 is 0 Å². The lowest BCUT2D eigenvalue weighted by Gasteiger charge is -2.20. The number of hydrogen-bond acceptors (Lipinski definition) is 4. The molecule has 0 radical (unpaired) electrons. The lowest BCUT2D eigenvalue weighted by molar-refractivity contribution is -0.121. The van der Waals surface area contributed by atoms with Crippen molar-refractivity contribution < 1.29 is 17.9 Å². The number of amides is 1. The maximum Gasteiger partial charge on any atom is 0.221 e. The molecule has 2 aromatic carbocycles. The standard InChI is InChI=1S/C20H26N2O4S/c1-16-4-6-18(7-5-16)15-22(27(3,24)25)13-12-20(23)21-14-17-8-10-19(26-2)11-9-17/h4-11H,12-15H2,1-3H3,(H,21,23). The predicted octanol–water partition coefficient (Wildman–Crippen LogP) is 2.47. The molecule has 7 heteroatoms. The van der Waals surface area contributed by atoms with E-state index in [1.54, 1.807) is 7.11 Å². The van der Waals surface area contributed by atoms with E-state index in [2.05, 4.69) is 5.32 Å². The van der Waals surface area contributed by atoms with E-state index in [0.717, 1.165) is 28.7 Å². The minimum absolute atomic E-state index is 0.106. The third kappa shape index (κ3) is 7.03. The van der Waals surface area contributed by atoms with Crippen molar-refractivity contribution in [3.05, 3.63) is 65.2 Å². The summed E-state index contributed by atoms with van der Waals surface area (Å²) in [7, 11) is -1.81. The SMILES string of the molecule is COc1ccc(CNC(=O)CCN(Cc2ccc(C)cc2)S(C)(=O)=O)cc1. The van der Waals surface area contributed by atoms with Gasteiger partial charge < -0.3 is 10.1 Å². The van der Waals surface area contributed by atoms with Crippen molar-refractivity contribution in [2.24, 2.45) is 0 Å². The van der Waals surface area contributed by atoms with E-state index in [0.29, 0.717) is 6.54 Å². The number of nitrogens with zero attached hydrogens (tertiary/aromatic N) is 1. The summed E-state index contributed by atoms with van der Waals surface area (Å²) in [6.45, 7) is 2.76. The lowest BCUT2D eigenvalue weighted by atomic mass is 10.1. The molecule has 0 aromatic heterocycles. The van der Waals surface area contributed by atoms with E-state index in [4.69, 9.17) is 4.74 Å². The number of carbonyl (C=O) groups is 1. The summed E-state index contributed by atoms with van der Waals surface area (Å²) in [6, 6.07) is 15.1. The van der Waals surface area contributed by atoms with Crippen LogP contribution in [-0.2, 0) is 27.9 Å². The highest BCUT2D eigenvalue weighted by Gasteiger charge is 2.18. The van der Waals surface area contributed by atoms with Crippen LogP contribution in [0.25, 0.3) is 0 Å². The monoisotopic (exact) mass is 390 g/mol. The fraction of sp³-hybridized carbons (Fsp3) is 0.350. The number of ether oxygens (including phenoxy) is 1. The van der Waals surface area contributed by atoms with Crippen LogP contribution in [0, 0.1) is 6.92 Å². The first-order valence-electron chi connectivity index (χ1n) is 8.68. The number of hydrogen-bond donors (Lipinski definition) is 1. The van der Waals surface area contributed by atoms with Crippen molar-refractivity contribution in [3.8, 4) is 5.75 Å². The van der Waals surface area contributed by atoms with Gasteiger partial charge in [-0.2, -0.15) is 4.31 Å². The summed E-state index contributed by atoms with van der Waals surface area (Å²) in [5, 5.41) is 2.81. The fourth-order valence-electron chi connectivity index (χ4n) is 2.52. The summed E-state index contributed by atoms with van der Waals surface area (Å²) < 4.78 is 30.5. The molecule has 27 heavy (non-hydrogen) atoms. The maximum absolute atomic E-state index is 12.1. The number of aryl methyl sites for hydroxylation is 1. The van der Waals surface area contributed by atoms with Gasteiger partial charge >= 0.3 is 0 Å². The van der Waals surface area contributed by atoms with E-state index in [1.807, 2.05) is 55.5 Å². The van der Waals surface area contributed by atoms with Gasteiger partial charge in [-0.1, -0.05) is 42.0 Å². The third-order valence-corrected chi connectivity index (χ3v) is 5.44. The van der Waals surface area contributed by atoms with Crippen LogP contribution in [-0.4, -0.2) is 38.5 Å². The van der Waals surface area contributed by atoms with Crippen LogP contribution in [0.3, 0.4) is 0 Å². The molecule has 0 heterocycles. The molecule has 0 fully saturated rings. The number of benzene rings is 2. The first kappa shape index (κ1) is 20.9. The number of rotatable bonds is 9. The van der Waals surface area contributed by atoms with Crippen LogP contribution >= 0.6 is 0 Å². The minimum atomic E-state index is -3.40. The van der Waals surface area contributed by atoms with E-state index in [9.17, 15) is 13.2 Å². The quantitative estimate of drug-likeness (QED) is 0.714. The van der Waals surface area contributed by atoms with Crippen LogP contribution in [0.15, 0.2) is 48.5 Å². The van der Waals surface area contributed by atoms with Crippen LogP contribution in [0.5, 0.6) is 5.75 Å². The molecule has 0 aliphatic carbocycles. The van der Waals surface area contributed by atoms with Crippen molar-refractivity contribution in [2.45, 2.75) is 26.4 Å². The molecule has 0 aliphatic rings. The zero-order valence-corrected chi connectivity index (χ0v) is 16.8. The van der Waals surface area contributed by atoms with Crippen LogP contribution in [0.1, 0.15) is 23.1 Å². The molecule has 1 N–H and O–H groups in total. The maximum atomic E-state index is 12.1. The van der Waals surface area contributed by atoms with Crippen molar-refractivity contribution in [2.75, 3.05) is 19.9 Å². The average Bonchev–Trinajstić information content (AvgIpc) is 2.64. The zero-order valence-electron chi connectivity index (χ0n) is 15.9. The van der Waals surface area contributed by atoms with Gasteiger partial charge in [0.05, 0.1) is 13.4 Å². The Morgan fingerprint density at radius 1 is 1.04 bits per heavy atom. The summed E-state index contributed by atoms with van der Waals surface area (Å²) in [5.41, 5.74) is 2.95. The molecule has 0 saturated heterocycles. The first-order chi connectivity index (χ1) is 12.8. The largest absolute Gasteiger partial charge is 0.497 e. The van der Waals surface area contributed by atoms with Gasteiger partial charge in [-0.05, 0) is 30.2 Å². The highest BCUT2D eigenvalue weighted by atomic mass is 32.2. The normalized spacial score (nSPS) is 11.4. The Balaban J connectivity index is 1.87. The topological polar surface area (TPSA) is 75.7 Å². The predicted molar refractivity (Wildman–Crippen MR) is 106 cm³/mol. The Morgan fingerprint density at radius 3 is 2.19 bits per heavy atom. The first-order valence-corrected chi connectivity index (χ1v) is 10.5. The summed E-state index contributed by atoms with van der Waals surface area (Å²) in [6.07, 6.45) is 1.27. The van der Waals surface area contributed by atoms with Crippen molar-refractivity contribution in [1.29, 1.82) is 0 Å². The smallest absolute Gasteiger partial charge is 0.221 e. The molecular weight excluding hydrogens is 364 g/mol.